The molecule has 0 N–H and O–H groups in total. The fraction of sp³-hybridized carbons (Fsp3) is 1.00. The molecule has 0 aromatic heterocycles. The second kappa shape index (κ2) is 8.90. The van der Waals surface area contributed by atoms with Crippen molar-refractivity contribution in [1.29, 1.82) is 0 Å². The number of hydrogen-bond donors (Lipinski definition) is 0. The van der Waals surface area contributed by atoms with Crippen LogP contribution in [0.25, 0.3) is 0 Å². The molecule has 0 aliphatic carbocycles. The normalized spacial score (nSPS) is 27.3. The summed E-state index contributed by atoms with van der Waals surface area (Å²) in [6, 6.07) is 0. The van der Waals surface area contributed by atoms with Gasteiger partial charge in [-0.05, 0) is 0 Å². The molecule has 3 nitrogen and oxygen atoms in total. The Bertz CT molecular complexity index is 533. The maximum absolute atomic E-state index is 3.40. The van der Waals surface area contributed by atoms with Crippen molar-refractivity contribution in [3.05, 3.63) is 0 Å². The Labute approximate surface area is 204 Å². The van der Waals surface area contributed by atoms with Crippen LogP contribution >= 0.6 is 0 Å². The summed E-state index contributed by atoms with van der Waals surface area (Å²) in [4.78, 5) is 16.3. The molecule has 0 aromatic carbocycles. The molecule has 2 aliphatic rings. The molecule has 0 radical (unpaired) electrons. The number of hydrogen-bond acceptors (Lipinski definition) is 3. The second-order valence-electron chi connectivity index (χ2n) is 14.8. The van der Waals surface area contributed by atoms with Crippen LogP contribution in [0.3, 0.4) is 0 Å². The van der Waals surface area contributed by atoms with Crippen molar-refractivity contribution in [2.75, 3.05) is 0 Å². The molecule has 6 heteroatoms. The van der Waals surface area contributed by atoms with Gasteiger partial charge in [-0.25, -0.2) is 0 Å². The van der Waals surface area contributed by atoms with Gasteiger partial charge in [-0.2, -0.15) is 0 Å². The average Bonchev–Trinajstić information content (AvgIpc) is 2.39. The third-order valence-electron chi connectivity index (χ3n) is 7.90. The Morgan fingerprint density at radius 2 is 0.767 bits per heavy atom. The molecule has 2 fully saturated rings. The van der Waals surface area contributed by atoms with Gasteiger partial charge in [0.15, 0.2) is 0 Å². The van der Waals surface area contributed by atoms with Gasteiger partial charge >= 0.3 is 206 Å². The minimum absolute atomic E-state index is 0.286. The Morgan fingerprint density at radius 3 is 0.967 bits per heavy atom. The van der Waals surface area contributed by atoms with E-state index < -0.39 is 52.1 Å². The standard InChI is InChI=1S/2C9H18N.6CH3.Al.N.2Sn/c2*1-8(2)6-5-7-9(3,4)10-8;;;;;;;;;;/h2*5-7H2,1-4H3;6*1H3;;;;/q2*-1;;;;;;;+2;;;. The van der Waals surface area contributed by atoms with Crippen LogP contribution in [0, 0.1) is 0 Å². The molecule has 30 heavy (non-hydrogen) atoms. The zero-order valence-corrected chi connectivity index (χ0v) is 30.0. The van der Waals surface area contributed by atoms with Crippen molar-refractivity contribution in [1.82, 2.24) is 8.09 Å². The predicted octanol–water partition coefficient (Wildman–Crippen LogP) is 7.03. The van der Waals surface area contributed by atoms with Crippen molar-refractivity contribution in [3.63, 3.8) is 0 Å². The zero-order chi connectivity index (χ0) is 23.6. The van der Waals surface area contributed by atoms with Crippen LogP contribution in [0.2, 0.25) is 29.6 Å². The molecule has 0 bridgehead atoms. The second-order valence-corrected chi connectivity index (χ2v) is 51.1. The van der Waals surface area contributed by atoms with Gasteiger partial charge in [0, 0.05) is 0 Å². The average molecular weight is 649 g/mol. The molecule has 176 valence electrons. The Hall–Kier alpha value is 2.01. The third kappa shape index (κ3) is 5.80. The van der Waals surface area contributed by atoms with Crippen molar-refractivity contribution in [2.24, 2.45) is 0 Å². The maximum atomic E-state index is 3.40. The van der Waals surface area contributed by atoms with Gasteiger partial charge in [0.25, 0.3) is 0 Å². The first-order chi connectivity index (χ1) is 13.1. The molecule has 2 heterocycles. The van der Waals surface area contributed by atoms with E-state index in [-0.39, 0.29) is 22.2 Å². The van der Waals surface area contributed by atoms with E-state index in [1.54, 1.807) is 0 Å². The van der Waals surface area contributed by atoms with Gasteiger partial charge in [-0.3, -0.25) is 0 Å². The van der Waals surface area contributed by atoms with E-state index in [9.17, 15) is 0 Å². The van der Waals surface area contributed by atoms with Gasteiger partial charge < -0.3 is 0 Å². The van der Waals surface area contributed by atoms with E-state index in [0.29, 0.717) is 0 Å². The summed E-state index contributed by atoms with van der Waals surface area (Å²) in [6.45, 7) is 20.6. The Balaban J connectivity index is 2.84. The molecule has 2 rings (SSSR count). The third-order valence-corrected chi connectivity index (χ3v) is 60.4. The molecule has 0 aromatic rings. The Morgan fingerprint density at radius 1 is 0.533 bits per heavy atom. The molecule has 0 amide bonds. The van der Waals surface area contributed by atoms with Crippen LogP contribution in [-0.2, 0) is 0 Å². The van der Waals surface area contributed by atoms with Crippen LogP contribution in [0.15, 0.2) is 0 Å². The number of nitrogens with zero attached hydrogens (tertiary/aromatic N) is 3. The van der Waals surface area contributed by atoms with E-state index >= 15 is 0 Å². The van der Waals surface area contributed by atoms with Gasteiger partial charge in [0.05, 0.1) is 0 Å². The van der Waals surface area contributed by atoms with Gasteiger partial charge in [-0.15, -0.1) is 0 Å². The monoisotopic (exact) mass is 651 g/mol. The van der Waals surface area contributed by atoms with Crippen LogP contribution in [0.5, 0.6) is 0 Å². The first-order valence-corrected chi connectivity index (χ1v) is 33.8. The molecule has 0 unspecified atom stereocenters. The van der Waals surface area contributed by atoms with Crippen molar-refractivity contribution in [2.45, 2.75) is 146 Å². The van der Waals surface area contributed by atoms with Crippen molar-refractivity contribution >= 4 is 52.1 Å². The number of rotatable bonds is 5. The van der Waals surface area contributed by atoms with Gasteiger partial charge in [0.2, 0.25) is 0 Å². The fourth-order valence-electron chi connectivity index (χ4n) is 7.32. The summed E-state index contributed by atoms with van der Waals surface area (Å²) in [6.07, 6.45) is 8.15. The summed E-state index contributed by atoms with van der Waals surface area (Å²) in [7, 11) is 0. The molecule has 2 aliphatic heterocycles. The van der Waals surface area contributed by atoms with E-state index in [1.165, 1.54) is 38.5 Å². The molecule has 2 saturated heterocycles. The van der Waals surface area contributed by atoms with Crippen molar-refractivity contribution < 1.29 is 0 Å². The topological polar surface area (TPSA) is 9.72 Å². The zero-order valence-electron chi connectivity index (χ0n) is 23.2. The van der Waals surface area contributed by atoms with E-state index in [0.717, 1.165) is 0 Å². The molecular formula is C24H54AlN3Sn2. The summed E-state index contributed by atoms with van der Waals surface area (Å²) in [5, 5.41) is 0. The van der Waals surface area contributed by atoms with Crippen LogP contribution in [0.4, 0.5) is 0 Å². The first-order valence-electron chi connectivity index (χ1n) is 12.5. The summed E-state index contributed by atoms with van der Waals surface area (Å²) < 4.78 is 9.73. The Kier molecular flexibility index (Phi) is 8.38. The molecule has 0 atom stereocenters. The molecule has 0 spiro atoms. The van der Waals surface area contributed by atoms with Crippen LogP contribution in [-0.4, -0.2) is 82.4 Å². The molecular weight excluding hydrogens is 595 g/mol. The van der Waals surface area contributed by atoms with Crippen molar-refractivity contribution in [3.8, 4) is 0 Å². The van der Waals surface area contributed by atoms with Gasteiger partial charge in [-0.1, -0.05) is 0 Å². The number of piperidine rings is 2. The van der Waals surface area contributed by atoms with Crippen LogP contribution in [0.1, 0.15) is 93.9 Å². The van der Waals surface area contributed by atoms with Gasteiger partial charge in [0.1, 0.15) is 0 Å². The first kappa shape index (κ1) is 28.2. The van der Waals surface area contributed by atoms with E-state index in [2.05, 4.69) is 93.1 Å². The summed E-state index contributed by atoms with van der Waals surface area (Å²) >= 11 is -6.32. The summed E-state index contributed by atoms with van der Waals surface area (Å²) in [5.74, 6) is 0. The minimum atomic E-state index is -2.37. The summed E-state index contributed by atoms with van der Waals surface area (Å²) in [5.41, 5.74) is 1.15. The predicted molar refractivity (Wildman–Crippen MR) is 142 cm³/mol. The molecule has 0 saturated carbocycles. The SMILES string of the molecule is CC1(C)CCCC(C)(C)[N]1[Al]([N]1C(C)(C)CCCC1(C)C)[N]([Sn]([CH3])([CH3])[CH3])[Sn]([CH3])([CH3])[CH3]. The van der Waals surface area contributed by atoms with E-state index in [4.69, 9.17) is 0 Å². The van der Waals surface area contributed by atoms with E-state index in [1.807, 2.05) is 0 Å². The quantitative estimate of drug-likeness (QED) is 0.297. The fourth-order valence-corrected chi connectivity index (χ4v) is 72.5. The van der Waals surface area contributed by atoms with Crippen LogP contribution < -0.4 is 0 Å².